The van der Waals surface area contributed by atoms with Crippen molar-refractivity contribution in [2.45, 2.75) is 20.3 Å². The van der Waals surface area contributed by atoms with E-state index in [1.54, 1.807) is 0 Å². The number of pyridine rings is 1. The third-order valence-electron chi connectivity index (χ3n) is 2.52. The zero-order valence-corrected chi connectivity index (χ0v) is 9.45. The fourth-order valence-electron chi connectivity index (χ4n) is 1.89. The minimum absolute atomic E-state index is 0.245. The summed E-state index contributed by atoms with van der Waals surface area (Å²) in [5.74, 6) is -0.324. The summed E-state index contributed by atoms with van der Waals surface area (Å²) in [5, 5.41) is 1.06. The van der Waals surface area contributed by atoms with Gasteiger partial charge in [0.25, 0.3) is 0 Å². The molecular weight excluding hydrogens is 200 g/mol. The van der Waals surface area contributed by atoms with Crippen molar-refractivity contribution in [3.05, 3.63) is 41.1 Å². The van der Waals surface area contributed by atoms with E-state index in [2.05, 4.69) is 11.1 Å². The maximum Gasteiger partial charge on any atom is 0.221 e. The number of aromatic nitrogens is 1. The molecule has 0 spiro atoms. The summed E-state index contributed by atoms with van der Waals surface area (Å²) in [7, 11) is 0. The monoisotopic (exact) mass is 214 g/mol. The van der Waals surface area contributed by atoms with Crippen LogP contribution in [0.3, 0.4) is 0 Å². The number of aryl methyl sites for hydroxylation is 2. The van der Waals surface area contributed by atoms with Gasteiger partial charge in [-0.15, -0.1) is 0 Å². The Morgan fingerprint density at radius 2 is 2.06 bits per heavy atom. The van der Waals surface area contributed by atoms with Crippen LogP contribution in [0.25, 0.3) is 10.9 Å². The van der Waals surface area contributed by atoms with Crippen LogP contribution >= 0.6 is 0 Å². The normalized spacial score (nSPS) is 10.6. The maximum atomic E-state index is 11.0. The van der Waals surface area contributed by atoms with Gasteiger partial charge in [-0.2, -0.15) is 0 Å². The van der Waals surface area contributed by atoms with Gasteiger partial charge in [0.05, 0.1) is 11.9 Å². The highest BCUT2D eigenvalue weighted by molar-refractivity contribution is 5.87. The van der Waals surface area contributed by atoms with Gasteiger partial charge in [-0.25, -0.2) is 0 Å². The lowest BCUT2D eigenvalue weighted by Gasteiger charge is -2.06. The van der Waals surface area contributed by atoms with E-state index in [9.17, 15) is 4.79 Å². The lowest BCUT2D eigenvalue weighted by atomic mass is 10.0. The number of nitrogens with zero attached hydrogens (tertiary/aromatic N) is 1. The number of benzene rings is 1. The van der Waals surface area contributed by atoms with Crippen LogP contribution < -0.4 is 5.73 Å². The molecule has 1 aromatic heterocycles. The highest BCUT2D eigenvalue weighted by Gasteiger charge is 2.07. The van der Waals surface area contributed by atoms with Crippen molar-refractivity contribution >= 4 is 16.8 Å². The highest BCUT2D eigenvalue weighted by atomic mass is 16.1. The molecule has 0 saturated carbocycles. The van der Waals surface area contributed by atoms with Crippen molar-refractivity contribution in [1.82, 2.24) is 4.98 Å². The summed E-state index contributed by atoms with van der Waals surface area (Å²) in [6.45, 7) is 3.94. The Labute approximate surface area is 94.3 Å². The van der Waals surface area contributed by atoms with Crippen molar-refractivity contribution in [3.8, 4) is 0 Å². The van der Waals surface area contributed by atoms with Gasteiger partial charge in [0, 0.05) is 11.1 Å². The van der Waals surface area contributed by atoms with E-state index in [0.29, 0.717) is 0 Å². The smallest absolute Gasteiger partial charge is 0.221 e. The molecule has 3 nitrogen and oxygen atoms in total. The fourth-order valence-corrected chi connectivity index (χ4v) is 1.89. The Balaban J connectivity index is 2.69. The van der Waals surface area contributed by atoms with Crippen molar-refractivity contribution in [2.75, 3.05) is 0 Å². The van der Waals surface area contributed by atoms with E-state index >= 15 is 0 Å². The maximum absolute atomic E-state index is 11.0. The van der Waals surface area contributed by atoms with Crippen LogP contribution in [0, 0.1) is 13.8 Å². The Morgan fingerprint density at radius 1 is 1.31 bits per heavy atom. The Kier molecular flexibility index (Phi) is 2.60. The Morgan fingerprint density at radius 3 is 2.75 bits per heavy atom. The van der Waals surface area contributed by atoms with Crippen LogP contribution in [0.5, 0.6) is 0 Å². The number of carbonyl (C=O) groups is 1. The zero-order valence-electron chi connectivity index (χ0n) is 9.45. The molecule has 1 amide bonds. The summed E-state index contributed by atoms with van der Waals surface area (Å²) >= 11 is 0. The number of amides is 1. The molecule has 82 valence electrons. The van der Waals surface area contributed by atoms with Crippen LogP contribution in [0.15, 0.2) is 24.3 Å². The molecule has 0 atom stereocenters. The molecular formula is C13H14N2O. The number of nitrogens with two attached hydrogens (primary N) is 1. The van der Waals surface area contributed by atoms with Gasteiger partial charge in [-0.1, -0.05) is 17.7 Å². The molecule has 2 rings (SSSR count). The first kappa shape index (κ1) is 10.6. The number of primary amides is 1. The molecule has 2 N–H and O–H groups in total. The average Bonchev–Trinajstić information content (AvgIpc) is 2.18. The second-order valence-electron chi connectivity index (χ2n) is 4.09. The number of hydrogen-bond acceptors (Lipinski definition) is 2. The second-order valence-corrected chi connectivity index (χ2v) is 4.09. The molecule has 1 heterocycles. The molecule has 2 aromatic rings. The third kappa shape index (κ3) is 2.03. The van der Waals surface area contributed by atoms with Crippen molar-refractivity contribution in [3.63, 3.8) is 0 Å². The molecule has 3 heteroatoms. The molecule has 0 fully saturated rings. The zero-order chi connectivity index (χ0) is 11.7. The summed E-state index contributed by atoms with van der Waals surface area (Å²) < 4.78 is 0. The molecule has 0 bridgehead atoms. The minimum Gasteiger partial charge on any atom is -0.369 e. The number of hydrogen-bond donors (Lipinski definition) is 1. The second kappa shape index (κ2) is 3.93. The number of carbonyl (C=O) groups excluding carboxylic acids is 1. The van der Waals surface area contributed by atoms with E-state index in [0.717, 1.165) is 27.7 Å². The van der Waals surface area contributed by atoms with E-state index in [1.807, 2.05) is 32.0 Å². The molecule has 0 radical (unpaired) electrons. The van der Waals surface area contributed by atoms with Gasteiger partial charge >= 0.3 is 0 Å². The molecule has 0 aliphatic heterocycles. The van der Waals surface area contributed by atoms with E-state index < -0.39 is 0 Å². The fraction of sp³-hybridized carbons (Fsp3) is 0.231. The molecule has 0 saturated heterocycles. The third-order valence-corrected chi connectivity index (χ3v) is 2.52. The summed E-state index contributed by atoms with van der Waals surface area (Å²) in [5.41, 5.74) is 9.09. The largest absolute Gasteiger partial charge is 0.369 e. The molecule has 0 aliphatic carbocycles. The average molecular weight is 214 g/mol. The van der Waals surface area contributed by atoms with Gasteiger partial charge in [0.15, 0.2) is 0 Å². The number of fused-ring (bicyclic) bond motifs is 1. The van der Waals surface area contributed by atoms with E-state index in [4.69, 9.17) is 5.73 Å². The van der Waals surface area contributed by atoms with Crippen molar-refractivity contribution < 1.29 is 4.79 Å². The van der Waals surface area contributed by atoms with Crippen LogP contribution in [0.2, 0.25) is 0 Å². The SMILES string of the molecule is Cc1cc(CC(N)=O)c2nc(C)ccc2c1. The number of rotatable bonds is 2. The van der Waals surface area contributed by atoms with Gasteiger partial charge in [0.2, 0.25) is 5.91 Å². The van der Waals surface area contributed by atoms with Gasteiger partial charge in [-0.3, -0.25) is 9.78 Å². The lowest BCUT2D eigenvalue weighted by Crippen LogP contribution is -2.14. The van der Waals surface area contributed by atoms with Crippen LogP contribution in [-0.4, -0.2) is 10.9 Å². The first-order valence-corrected chi connectivity index (χ1v) is 5.21. The predicted octanol–water partition coefficient (Wildman–Crippen LogP) is 1.88. The minimum atomic E-state index is -0.324. The standard InChI is InChI=1S/C13H14N2O/c1-8-5-10-4-3-9(2)15-13(10)11(6-8)7-12(14)16/h3-6H,7H2,1-2H3,(H2,14,16). The van der Waals surface area contributed by atoms with Crippen LogP contribution in [-0.2, 0) is 11.2 Å². The van der Waals surface area contributed by atoms with E-state index in [1.165, 1.54) is 0 Å². The molecule has 1 aromatic carbocycles. The predicted molar refractivity (Wildman–Crippen MR) is 64.1 cm³/mol. The first-order valence-electron chi connectivity index (χ1n) is 5.21. The quantitative estimate of drug-likeness (QED) is 0.829. The van der Waals surface area contributed by atoms with Crippen molar-refractivity contribution in [1.29, 1.82) is 0 Å². The highest BCUT2D eigenvalue weighted by Crippen LogP contribution is 2.20. The van der Waals surface area contributed by atoms with Crippen LogP contribution in [0.1, 0.15) is 16.8 Å². The molecule has 0 unspecified atom stereocenters. The topological polar surface area (TPSA) is 56.0 Å². The Bertz CT molecular complexity index is 561. The van der Waals surface area contributed by atoms with Crippen LogP contribution in [0.4, 0.5) is 0 Å². The van der Waals surface area contributed by atoms with Gasteiger partial charge in [0.1, 0.15) is 0 Å². The van der Waals surface area contributed by atoms with Gasteiger partial charge < -0.3 is 5.73 Å². The summed E-state index contributed by atoms with van der Waals surface area (Å²) in [6, 6.07) is 8.02. The molecule has 0 aliphatic rings. The first-order chi connectivity index (χ1) is 7.56. The van der Waals surface area contributed by atoms with Crippen molar-refractivity contribution in [2.24, 2.45) is 5.73 Å². The summed E-state index contributed by atoms with van der Waals surface area (Å²) in [4.78, 5) is 15.5. The van der Waals surface area contributed by atoms with Gasteiger partial charge in [-0.05, 0) is 31.5 Å². The van der Waals surface area contributed by atoms with E-state index in [-0.39, 0.29) is 12.3 Å². The Hall–Kier alpha value is -1.90. The summed E-state index contributed by atoms with van der Waals surface area (Å²) in [6.07, 6.45) is 0.245. The molecule has 16 heavy (non-hydrogen) atoms. The lowest BCUT2D eigenvalue weighted by molar-refractivity contribution is -0.117.